The number of nitrogens with one attached hydrogen (secondary N) is 2. The number of nitrogens with zero attached hydrogens (tertiary/aromatic N) is 1. The molecule has 2 aromatic carbocycles. The van der Waals surface area contributed by atoms with Crippen molar-refractivity contribution < 1.29 is 22.3 Å². The molecule has 0 aliphatic carbocycles. The van der Waals surface area contributed by atoms with Gasteiger partial charge < -0.3 is 15.4 Å². The molecule has 1 fully saturated rings. The lowest BCUT2D eigenvalue weighted by molar-refractivity contribution is -0.114. The summed E-state index contributed by atoms with van der Waals surface area (Å²) in [5.41, 5.74) is 0.545. The summed E-state index contributed by atoms with van der Waals surface area (Å²) in [5, 5.41) is 5.66. The van der Waals surface area contributed by atoms with Crippen molar-refractivity contribution in [3.05, 3.63) is 53.3 Å². The lowest BCUT2D eigenvalue weighted by atomic mass is 10.3. The monoisotopic (exact) mass is 455 g/mol. The molecule has 2 atom stereocenters. The average molecular weight is 456 g/mol. The summed E-state index contributed by atoms with van der Waals surface area (Å²) in [5.74, 6) is -0.936. The Bertz CT molecular complexity index is 1010. The lowest BCUT2D eigenvalue weighted by Crippen LogP contribution is -2.48. The Balaban J connectivity index is 1.61. The topological polar surface area (TPSA) is 87.7 Å². The number of halogens is 2. The number of hydrogen-bond acceptors (Lipinski definition) is 5. The molecule has 1 aliphatic heterocycles. The van der Waals surface area contributed by atoms with Gasteiger partial charge in [0.25, 0.3) is 0 Å². The summed E-state index contributed by atoms with van der Waals surface area (Å²) in [6, 6.07) is 9.92. The van der Waals surface area contributed by atoms with Gasteiger partial charge in [-0.3, -0.25) is 4.79 Å². The summed E-state index contributed by atoms with van der Waals surface area (Å²) in [6.45, 7) is 4.06. The maximum atomic E-state index is 13.7. The van der Waals surface area contributed by atoms with E-state index in [2.05, 4.69) is 10.6 Å². The van der Waals surface area contributed by atoms with Crippen LogP contribution < -0.4 is 10.6 Å². The van der Waals surface area contributed by atoms with Gasteiger partial charge in [0, 0.05) is 23.8 Å². The van der Waals surface area contributed by atoms with Gasteiger partial charge in [-0.25, -0.2) is 12.8 Å². The largest absolute Gasteiger partial charge is 0.374 e. The van der Waals surface area contributed by atoms with Gasteiger partial charge in [0.05, 0.1) is 29.3 Å². The van der Waals surface area contributed by atoms with Crippen LogP contribution in [0.2, 0.25) is 5.02 Å². The molecule has 0 spiro atoms. The van der Waals surface area contributed by atoms with Crippen molar-refractivity contribution >= 4 is 38.9 Å². The van der Waals surface area contributed by atoms with E-state index in [-0.39, 0.29) is 42.4 Å². The fraction of sp³-hybridized carbons (Fsp3) is 0.350. The molecule has 2 N–H and O–H groups in total. The van der Waals surface area contributed by atoms with Crippen LogP contribution in [0.4, 0.5) is 15.8 Å². The SMILES string of the molecule is C[C@@H]1CN(S(=O)(=O)c2ccc(NC(=O)CNc3cc(Cl)ccc3F)cc2)C[C@@H](C)O1. The molecule has 30 heavy (non-hydrogen) atoms. The molecule has 3 rings (SSSR count). The third kappa shape index (κ3) is 5.48. The molecule has 2 aromatic rings. The molecule has 162 valence electrons. The first-order valence-corrected chi connectivity index (χ1v) is 11.2. The van der Waals surface area contributed by atoms with Gasteiger partial charge in [0.2, 0.25) is 15.9 Å². The van der Waals surface area contributed by atoms with Gasteiger partial charge >= 0.3 is 0 Å². The Morgan fingerprint density at radius 2 is 1.80 bits per heavy atom. The molecular formula is C20H23ClFN3O4S. The first kappa shape index (κ1) is 22.5. The first-order valence-electron chi connectivity index (χ1n) is 9.39. The molecular weight excluding hydrogens is 433 g/mol. The predicted octanol–water partition coefficient (Wildman–Crippen LogP) is 3.33. The third-order valence-electron chi connectivity index (χ3n) is 4.53. The molecule has 1 amide bonds. The number of sulfonamides is 1. The Kier molecular flexibility index (Phi) is 6.97. The number of ether oxygens (including phenoxy) is 1. The number of benzene rings is 2. The molecule has 0 saturated carbocycles. The Labute approximate surface area is 180 Å². The van der Waals surface area contributed by atoms with Crippen LogP contribution in [0.1, 0.15) is 13.8 Å². The van der Waals surface area contributed by atoms with Gasteiger partial charge in [0.15, 0.2) is 0 Å². The van der Waals surface area contributed by atoms with E-state index in [0.717, 1.165) is 0 Å². The van der Waals surface area contributed by atoms with Crippen LogP contribution in [0.25, 0.3) is 0 Å². The molecule has 1 saturated heterocycles. The van der Waals surface area contributed by atoms with Crippen molar-refractivity contribution in [3.8, 4) is 0 Å². The summed E-state index contributed by atoms with van der Waals surface area (Å²) in [4.78, 5) is 12.3. The number of carbonyl (C=O) groups excluding carboxylic acids is 1. The van der Waals surface area contributed by atoms with Crippen LogP contribution in [0.15, 0.2) is 47.4 Å². The number of carbonyl (C=O) groups is 1. The first-order chi connectivity index (χ1) is 14.1. The quantitative estimate of drug-likeness (QED) is 0.697. The Hall–Kier alpha value is -2.20. The number of morpholine rings is 1. The summed E-state index contributed by atoms with van der Waals surface area (Å²) in [6.07, 6.45) is -0.363. The molecule has 7 nitrogen and oxygen atoms in total. The molecule has 0 unspecified atom stereocenters. The zero-order valence-corrected chi connectivity index (χ0v) is 18.1. The van der Waals surface area contributed by atoms with Crippen LogP contribution >= 0.6 is 11.6 Å². The number of hydrogen-bond donors (Lipinski definition) is 2. The fourth-order valence-corrected chi connectivity index (χ4v) is 4.96. The highest BCUT2D eigenvalue weighted by molar-refractivity contribution is 7.89. The highest BCUT2D eigenvalue weighted by Crippen LogP contribution is 2.23. The van der Waals surface area contributed by atoms with E-state index in [1.807, 2.05) is 13.8 Å². The molecule has 10 heteroatoms. The normalized spacial score (nSPS) is 20.0. The van der Waals surface area contributed by atoms with E-state index in [4.69, 9.17) is 16.3 Å². The van der Waals surface area contributed by atoms with E-state index >= 15 is 0 Å². The van der Waals surface area contributed by atoms with Crippen molar-refractivity contribution in [2.75, 3.05) is 30.3 Å². The Morgan fingerprint density at radius 3 is 2.43 bits per heavy atom. The molecule has 0 bridgehead atoms. The van der Waals surface area contributed by atoms with Crippen LogP contribution in [-0.2, 0) is 19.6 Å². The lowest BCUT2D eigenvalue weighted by Gasteiger charge is -2.34. The van der Waals surface area contributed by atoms with Gasteiger partial charge in [-0.15, -0.1) is 0 Å². The van der Waals surface area contributed by atoms with Crippen molar-refractivity contribution in [1.29, 1.82) is 0 Å². The number of rotatable bonds is 6. The second-order valence-electron chi connectivity index (χ2n) is 7.13. The molecule has 0 aromatic heterocycles. The molecule has 0 radical (unpaired) electrons. The van der Waals surface area contributed by atoms with E-state index in [1.165, 1.54) is 46.8 Å². The smallest absolute Gasteiger partial charge is 0.243 e. The fourth-order valence-electron chi connectivity index (χ4n) is 3.20. The van der Waals surface area contributed by atoms with E-state index in [0.29, 0.717) is 10.7 Å². The van der Waals surface area contributed by atoms with Crippen LogP contribution in [-0.4, -0.2) is 50.5 Å². The highest BCUT2D eigenvalue weighted by Gasteiger charge is 2.32. The summed E-state index contributed by atoms with van der Waals surface area (Å²) < 4.78 is 46.4. The van der Waals surface area contributed by atoms with E-state index < -0.39 is 21.7 Å². The van der Waals surface area contributed by atoms with Crippen LogP contribution in [0, 0.1) is 5.82 Å². The van der Waals surface area contributed by atoms with E-state index in [9.17, 15) is 17.6 Å². The van der Waals surface area contributed by atoms with Crippen LogP contribution in [0.3, 0.4) is 0 Å². The van der Waals surface area contributed by atoms with Crippen molar-refractivity contribution in [1.82, 2.24) is 4.31 Å². The minimum atomic E-state index is -3.65. The highest BCUT2D eigenvalue weighted by atomic mass is 35.5. The maximum Gasteiger partial charge on any atom is 0.243 e. The minimum Gasteiger partial charge on any atom is -0.374 e. The molecule has 1 heterocycles. The summed E-state index contributed by atoms with van der Waals surface area (Å²) >= 11 is 5.82. The van der Waals surface area contributed by atoms with Gasteiger partial charge in [-0.05, 0) is 56.3 Å². The second-order valence-corrected chi connectivity index (χ2v) is 9.50. The second kappa shape index (κ2) is 9.30. The van der Waals surface area contributed by atoms with Crippen molar-refractivity contribution in [3.63, 3.8) is 0 Å². The third-order valence-corrected chi connectivity index (χ3v) is 6.61. The van der Waals surface area contributed by atoms with Crippen LogP contribution in [0.5, 0.6) is 0 Å². The van der Waals surface area contributed by atoms with Crippen molar-refractivity contribution in [2.45, 2.75) is 31.0 Å². The predicted molar refractivity (Wildman–Crippen MR) is 114 cm³/mol. The maximum absolute atomic E-state index is 13.7. The summed E-state index contributed by atoms with van der Waals surface area (Å²) in [7, 11) is -3.65. The van der Waals surface area contributed by atoms with Gasteiger partial charge in [-0.1, -0.05) is 11.6 Å². The Morgan fingerprint density at radius 1 is 1.17 bits per heavy atom. The van der Waals surface area contributed by atoms with Crippen molar-refractivity contribution in [2.24, 2.45) is 0 Å². The zero-order valence-electron chi connectivity index (χ0n) is 16.6. The average Bonchev–Trinajstić information content (AvgIpc) is 2.68. The number of anilines is 2. The van der Waals surface area contributed by atoms with Gasteiger partial charge in [-0.2, -0.15) is 4.31 Å². The van der Waals surface area contributed by atoms with Gasteiger partial charge in [0.1, 0.15) is 5.82 Å². The number of amides is 1. The van der Waals surface area contributed by atoms with E-state index in [1.54, 1.807) is 0 Å². The standard InChI is InChI=1S/C20H23ClFN3O4S/c1-13-11-25(12-14(2)29-13)30(27,28)17-6-4-16(5-7-17)24-20(26)10-23-19-9-15(21)3-8-18(19)22/h3-9,13-14,23H,10-12H2,1-2H3,(H,24,26)/t13-,14-/m1/s1. The minimum absolute atomic E-state index is 0.119. The zero-order chi connectivity index (χ0) is 21.9. The molecule has 1 aliphatic rings.